The minimum absolute atomic E-state index is 0.327. The molecule has 0 N–H and O–H groups in total. The largest absolute Gasteiger partial charge is 0.256 e. The van der Waals surface area contributed by atoms with Crippen molar-refractivity contribution in [3.8, 4) is 22.4 Å². The SMILES string of the molecule is CC(C)c1cc(-c2nccc3c2ccc2cc(-c4cnc(C(C)C)nc4)ccc23)cc(C(C)C)c1. The van der Waals surface area contributed by atoms with Crippen LogP contribution in [0.15, 0.2) is 73.2 Å². The second-order valence-corrected chi connectivity index (χ2v) is 10.4. The number of nitrogens with zero attached hydrogens (tertiary/aromatic N) is 3. The lowest BCUT2D eigenvalue weighted by molar-refractivity contribution is 0.775. The Balaban J connectivity index is 1.63. The third kappa shape index (κ3) is 4.43. The summed E-state index contributed by atoms with van der Waals surface area (Å²) >= 11 is 0. The second-order valence-electron chi connectivity index (χ2n) is 10.4. The minimum atomic E-state index is 0.327. The summed E-state index contributed by atoms with van der Waals surface area (Å²) in [6, 6.07) is 20.2. The van der Waals surface area contributed by atoms with Gasteiger partial charge < -0.3 is 0 Å². The molecule has 5 rings (SSSR count). The summed E-state index contributed by atoms with van der Waals surface area (Å²) in [7, 11) is 0. The van der Waals surface area contributed by atoms with E-state index in [1.807, 2.05) is 18.6 Å². The first-order valence-electron chi connectivity index (χ1n) is 12.6. The van der Waals surface area contributed by atoms with Crippen molar-refractivity contribution >= 4 is 21.5 Å². The van der Waals surface area contributed by atoms with Crippen molar-refractivity contribution in [1.29, 1.82) is 0 Å². The molecule has 0 spiro atoms. The van der Waals surface area contributed by atoms with Crippen LogP contribution in [0.1, 0.15) is 76.2 Å². The van der Waals surface area contributed by atoms with Crippen LogP contribution in [0.2, 0.25) is 0 Å². The maximum absolute atomic E-state index is 4.86. The second kappa shape index (κ2) is 9.22. The van der Waals surface area contributed by atoms with E-state index in [0.29, 0.717) is 17.8 Å². The van der Waals surface area contributed by atoms with Gasteiger partial charge in [-0.2, -0.15) is 0 Å². The zero-order valence-corrected chi connectivity index (χ0v) is 21.5. The van der Waals surface area contributed by atoms with E-state index in [1.165, 1.54) is 38.2 Å². The predicted octanol–water partition coefficient (Wildman–Crippen LogP) is 8.88. The quantitative estimate of drug-likeness (QED) is 0.246. The maximum Gasteiger partial charge on any atom is 0.130 e. The molecule has 3 nitrogen and oxygen atoms in total. The van der Waals surface area contributed by atoms with Gasteiger partial charge in [0.1, 0.15) is 5.82 Å². The fourth-order valence-electron chi connectivity index (χ4n) is 4.67. The number of pyridine rings is 1. The molecule has 176 valence electrons. The van der Waals surface area contributed by atoms with Gasteiger partial charge >= 0.3 is 0 Å². The molecule has 2 aromatic heterocycles. The fourth-order valence-corrected chi connectivity index (χ4v) is 4.67. The van der Waals surface area contributed by atoms with E-state index in [2.05, 4.69) is 106 Å². The van der Waals surface area contributed by atoms with Crippen molar-refractivity contribution in [3.63, 3.8) is 0 Å². The van der Waals surface area contributed by atoms with Gasteiger partial charge in [0.2, 0.25) is 0 Å². The van der Waals surface area contributed by atoms with Crippen molar-refractivity contribution < 1.29 is 0 Å². The lowest BCUT2D eigenvalue weighted by Crippen LogP contribution is -1.97. The topological polar surface area (TPSA) is 38.7 Å². The molecule has 0 aliphatic heterocycles. The molecule has 2 heterocycles. The zero-order chi connectivity index (χ0) is 24.7. The number of hydrogen-bond acceptors (Lipinski definition) is 3. The summed E-state index contributed by atoms with van der Waals surface area (Å²) < 4.78 is 0. The van der Waals surface area contributed by atoms with Crippen LogP contribution in [0.3, 0.4) is 0 Å². The van der Waals surface area contributed by atoms with E-state index in [0.717, 1.165) is 22.6 Å². The molecule has 0 fully saturated rings. The average molecular weight is 460 g/mol. The number of fused-ring (bicyclic) bond motifs is 3. The van der Waals surface area contributed by atoms with E-state index in [1.54, 1.807) is 0 Å². The molecule has 0 bridgehead atoms. The van der Waals surface area contributed by atoms with E-state index in [4.69, 9.17) is 4.98 Å². The Morgan fingerprint density at radius 3 is 1.80 bits per heavy atom. The Morgan fingerprint density at radius 2 is 1.17 bits per heavy atom. The molecular formula is C32H33N3. The molecule has 0 atom stereocenters. The smallest absolute Gasteiger partial charge is 0.130 e. The van der Waals surface area contributed by atoms with Crippen LogP contribution < -0.4 is 0 Å². The monoisotopic (exact) mass is 459 g/mol. The lowest BCUT2D eigenvalue weighted by Gasteiger charge is -2.16. The van der Waals surface area contributed by atoms with Gasteiger partial charge in [-0.25, -0.2) is 9.97 Å². The fraction of sp³-hybridized carbons (Fsp3) is 0.281. The molecular weight excluding hydrogens is 426 g/mol. The zero-order valence-electron chi connectivity index (χ0n) is 21.5. The van der Waals surface area contributed by atoms with Crippen LogP contribution >= 0.6 is 0 Å². The number of rotatable bonds is 5. The first-order valence-corrected chi connectivity index (χ1v) is 12.6. The molecule has 0 aliphatic carbocycles. The van der Waals surface area contributed by atoms with Gasteiger partial charge in [0, 0.05) is 41.0 Å². The van der Waals surface area contributed by atoms with Crippen LogP contribution in [0.5, 0.6) is 0 Å². The normalized spacial score (nSPS) is 11.9. The Morgan fingerprint density at radius 1 is 0.514 bits per heavy atom. The number of hydrogen-bond donors (Lipinski definition) is 0. The van der Waals surface area contributed by atoms with Gasteiger partial charge in [-0.05, 0) is 69.0 Å². The van der Waals surface area contributed by atoms with Crippen molar-refractivity contribution in [3.05, 3.63) is 90.1 Å². The van der Waals surface area contributed by atoms with Crippen molar-refractivity contribution in [2.24, 2.45) is 0 Å². The Hall–Kier alpha value is -3.59. The standard InChI is InChI=1S/C32H33N3/c1-19(2)24-14-25(20(3)4)16-26(15-24)31-30-10-8-23-13-22(7-9-28(23)29(30)11-12-33-31)27-17-34-32(21(5)6)35-18-27/h7-21H,1-6H3. The summed E-state index contributed by atoms with van der Waals surface area (Å²) in [5, 5.41) is 4.86. The van der Waals surface area contributed by atoms with Crippen LogP contribution in [0.25, 0.3) is 43.9 Å². The summed E-state index contributed by atoms with van der Waals surface area (Å²) in [5.74, 6) is 2.15. The number of benzene rings is 3. The maximum atomic E-state index is 4.86. The van der Waals surface area contributed by atoms with Crippen LogP contribution in [-0.4, -0.2) is 15.0 Å². The molecule has 3 aromatic carbocycles. The highest BCUT2D eigenvalue weighted by Gasteiger charge is 2.13. The van der Waals surface area contributed by atoms with Gasteiger partial charge in [-0.15, -0.1) is 0 Å². The molecule has 0 saturated heterocycles. The molecule has 0 aliphatic rings. The first-order chi connectivity index (χ1) is 16.8. The Bertz CT molecular complexity index is 1490. The third-order valence-electron chi connectivity index (χ3n) is 6.87. The minimum Gasteiger partial charge on any atom is -0.256 e. The van der Waals surface area contributed by atoms with Crippen molar-refractivity contribution in [1.82, 2.24) is 15.0 Å². The van der Waals surface area contributed by atoms with Crippen molar-refractivity contribution in [2.45, 2.75) is 59.3 Å². The molecule has 5 aromatic rings. The van der Waals surface area contributed by atoms with E-state index < -0.39 is 0 Å². The van der Waals surface area contributed by atoms with E-state index in [9.17, 15) is 0 Å². The van der Waals surface area contributed by atoms with Gasteiger partial charge in [0.25, 0.3) is 0 Å². The van der Waals surface area contributed by atoms with Gasteiger partial charge in [0.05, 0.1) is 5.69 Å². The predicted molar refractivity (Wildman–Crippen MR) is 148 cm³/mol. The summed E-state index contributed by atoms with van der Waals surface area (Å²) in [6.07, 6.45) is 5.81. The highest BCUT2D eigenvalue weighted by molar-refractivity contribution is 6.11. The first kappa shape index (κ1) is 23.2. The van der Waals surface area contributed by atoms with Crippen LogP contribution in [0.4, 0.5) is 0 Å². The number of aromatic nitrogens is 3. The van der Waals surface area contributed by atoms with Gasteiger partial charge in [-0.3, -0.25) is 4.98 Å². The molecule has 3 heteroatoms. The van der Waals surface area contributed by atoms with Crippen molar-refractivity contribution in [2.75, 3.05) is 0 Å². The molecule has 0 saturated carbocycles. The molecule has 0 amide bonds. The molecule has 0 unspecified atom stereocenters. The highest BCUT2D eigenvalue weighted by Crippen LogP contribution is 2.35. The van der Waals surface area contributed by atoms with Crippen LogP contribution in [0, 0.1) is 0 Å². The Labute approximate surface area is 208 Å². The lowest BCUT2D eigenvalue weighted by atomic mass is 9.90. The van der Waals surface area contributed by atoms with Gasteiger partial charge in [-0.1, -0.05) is 71.9 Å². The molecule has 35 heavy (non-hydrogen) atoms. The summed E-state index contributed by atoms with van der Waals surface area (Å²) in [5.41, 5.74) is 7.15. The average Bonchev–Trinajstić information content (AvgIpc) is 2.87. The van der Waals surface area contributed by atoms with E-state index >= 15 is 0 Å². The third-order valence-corrected chi connectivity index (χ3v) is 6.87. The Kier molecular flexibility index (Phi) is 6.10. The van der Waals surface area contributed by atoms with Crippen LogP contribution in [-0.2, 0) is 0 Å². The highest BCUT2D eigenvalue weighted by atomic mass is 14.9. The summed E-state index contributed by atoms with van der Waals surface area (Å²) in [6.45, 7) is 13.3. The summed E-state index contributed by atoms with van der Waals surface area (Å²) in [4.78, 5) is 14.0. The molecule has 0 radical (unpaired) electrons. The van der Waals surface area contributed by atoms with Gasteiger partial charge in [0.15, 0.2) is 0 Å². The van der Waals surface area contributed by atoms with E-state index in [-0.39, 0.29) is 0 Å².